The molecule has 0 spiro atoms. The molecule has 0 saturated carbocycles. The molecular weight excluding hydrogens is 590 g/mol. The summed E-state index contributed by atoms with van der Waals surface area (Å²) in [4.78, 5) is 0. The van der Waals surface area contributed by atoms with Gasteiger partial charge in [0.25, 0.3) is 0 Å². The van der Waals surface area contributed by atoms with Gasteiger partial charge in [0.15, 0.2) is 0 Å². The zero-order valence-electron chi connectivity index (χ0n) is 27.4. The Morgan fingerprint density at radius 1 is 0.349 bits per heavy atom. The fourth-order valence-corrected chi connectivity index (χ4v) is 70.4. The van der Waals surface area contributed by atoms with Crippen molar-refractivity contribution in [3.05, 3.63) is 121 Å². The summed E-state index contributed by atoms with van der Waals surface area (Å²) in [5.41, 5.74) is 0. The van der Waals surface area contributed by atoms with Crippen molar-refractivity contribution in [3.63, 3.8) is 0 Å². The van der Waals surface area contributed by atoms with Gasteiger partial charge in [-0.05, 0) is 0 Å². The molecule has 0 aromatic heterocycles. The third-order valence-electron chi connectivity index (χ3n) is 10.5. The van der Waals surface area contributed by atoms with Crippen molar-refractivity contribution in [2.45, 2.75) is 79.1 Å². The van der Waals surface area contributed by atoms with Crippen molar-refractivity contribution >= 4 is 27.3 Å². The van der Waals surface area contributed by atoms with E-state index >= 15 is 0 Å². The van der Waals surface area contributed by atoms with Crippen molar-refractivity contribution < 1.29 is 13.0 Å². The molecule has 0 bridgehead atoms. The minimum absolute atomic E-state index is 0.450. The van der Waals surface area contributed by atoms with Crippen LogP contribution in [0.15, 0.2) is 121 Å². The molecule has 4 aromatic rings. The molecule has 0 heterocycles. The molecule has 0 N–H and O–H groups in total. The van der Waals surface area contributed by atoms with Crippen molar-refractivity contribution in [2.24, 2.45) is 0 Å². The molecule has 0 nitrogen and oxygen atoms in total. The van der Waals surface area contributed by atoms with Gasteiger partial charge in [0.2, 0.25) is 0 Å². The van der Waals surface area contributed by atoms with Gasteiger partial charge in [0, 0.05) is 0 Å². The summed E-state index contributed by atoms with van der Waals surface area (Å²) in [6.45, 7) is 9.64. The summed E-state index contributed by atoms with van der Waals surface area (Å²) in [6.07, 6.45) is 15.6. The number of benzene rings is 4. The van der Waals surface area contributed by atoms with Crippen LogP contribution >= 0.6 is 11.8 Å². The molecule has 0 fully saturated rings. The van der Waals surface area contributed by atoms with Crippen molar-refractivity contribution in [1.29, 1.82) is 0 Å². The van der Waals surface area contributed by atoms with E-state index in [1.807, 2.05) is 0 Å². The molecule has 43 heavy (non-hydrogen) atoms. The van der Waals surface area contributed by atoms with Gasteiger partial charge in [-0.1, -0.05) is 0 Å². The second kappa shape index (κ2) is 15.6. The molecule has 0 aliphatic carbocycles. The van der Waals surface area contributed by atoms with E-state index in [-0.39, 0.29) is 0 Å². The molecular formula is C40H56P2Ti. The van der Waals surface area contributed by atoms with E-state index < -0.39 is 24.8 Å². The first kappa shape index (κ1) is 34.3. The van der Waals surface area contributed by atoms with Gasteiger partial charge in [-0.25, -0.2) is 0 Å². The van der Waals surface area contributed by atoms with Crippen molar-refractivity contribution in [1.82, 2.24) is 0 Å². The standard InChI is InChI=1S/2C8H18P.4C6H5.Ti/c2*1-3-5-7-9-8-6-4-2;4*1-2-4-6-5-3-1;/h2*3-8H2,1-2H3;4*1-5H;/q2*-1;;;;;+2. The Hall–Kier alpha value is -1.55. The third-order valence-corrected chi connectivity index (χ3v) is 62.0. The number of hydrogen-bond acceptors (Lipinski definition) is 0. The average Bonchev–Trinajstić information content (AvgIpc) is 3.09. The van der Waals surface area contributed by atoms with Crippen LogP contribution in [-0.2, 0) is 13.0 Å². The summed E-state index contributed by atoms with van der Waals surface area (Å²) >= 11 is -5.13. The first-order valence-electron chi connectivity index (χ1n) is 17.2. The van der Waals surface area contributed by atoms with Gasteiger partial charge in [-0.3, -0.25) is 0 Å². The first-order chi connectivity index (χ1) is 21.1. The van der Waals surface area contributed by atoms with Gasteiger partial charge in [0.1, 0.15) is 0 Å². The molecule has 4 rings (SSSR count). The molecule has 3 heteroatoms. The van der Waals surface area contributed by atoms with E-state index in [2.05, 4.69) is 149 Å². The fraction of sp³-hybridized carbons (Fsp3) is 0.400. The van der Waals surface area contributed by atoms with Crippen LogP contribution < -0.4 is 15.5 Å². The van der Waals surface area contributed by atoms with Crippen LogP contribution in [0.3, 0.4) is 0 Å². The fourth-order valence-electron chi connectivity index (χ4n) is 8.72. The Kier molecular flexibility index (Phi) is 12.5. The monoisotopic (exact) mass is 646 g/mol. The van der Waals surface area contributed by atoms with Crippen LogP contribution in [0.2, 0.25) is 0 Å². The summed E-state index contributed by atoms with van der Waals surface area (Å²) in [5.74, 6) is -0.900. The zero-order chi connectivity index (χ0) is 30.5. The van der Waals surface area contributed by atoms with Crippen LogP contribution in [0, 0.1) is 0 Å². The Labute approximate surface area is 263 Å². The third kappa shape index (κ3) is 5.28. The van der Waals surface area contributed by atoms with Crippen LogP contribution in [-0.4, -0.2) is 24.6 Å². The molecule has 230 valence electrons. The number of hydrogen-bond donors (Lipinski definition) is 0. The summed E-state index contributed by atoms with van der Waals surface area (Å²) in [5, 5.41) is 0. The molecule has 0 amide bonds. The Bertz CT molecular complexity index is 1140. The van der Waals surface area contributed by atoms with E-state index in [9.17, 15) is 0 Å². The normalized spacial score (nSPS) is 13.6. The number of unbranched alkanes of at least 4 members (excludes halogenated alkanes) is 4. The van der Waals surface area contributed by atoms with Crippen molar-refractivity contribution in [3.8, 4) is 0 Å². The Morgan fingerprint density at radius 2 is 0.558 bits per heavy atom. The van der Waals surface area contributed by atoms with Crippen LogP contribution in [0.1, 0.15) is 79.1 Å². The van der Waals surface area contributed by atoms with E-state index in [1.165, 1.54) is 76.0 Å². The predicted octanol–water partition coefficient (Wildman–Crippen LogP) is 10.5. The van der Waals surface area contributed by atoms with E-state index in [1.54, 1.807) is 15.5 Å². The molecule has 0 unspecified atom stereocenters. The van der Waals surface area contributed by atoms with E-state index in [0.717, 1.165) is 0 Å². The summed E-state index contributed by atoms with van der Waals surface area (Å²) < 4.78 is 6.79. The molecule has 0 aliphatic rings. The topological polar surface area (TPSA) is 0 Å². The quantitative estimate of drug-likeness (QED) is 0.0746. The molecule has 0 aliphatic heterocycles. The maximum atomic E-state index is 2.62. The first-order valence-corrected chi connectivity index (χ1v) is 27.9. The summed E-state index contributed by atoms with van der Waals surface area (Å²) in [6, 6.07) is 49.1. The zero-order valence-corrected chi connectivity index (χ0v) is 30.8. The molecule has 0 saturated heterocycles. The molecule has 0 radical (unpaired) electrons. The Balaban J connectivity index is 2.51. The molecule has 0 atom stereocenters. The van der Waals surface area contributed by atoms with Gasteiger partial charge >= 0.3 is 265 Å². The SMILES string of the molecule is CCCC[P](CCCC)[Ti]([c]1ccccc1)([c]1ccccc1)([c]1ccccc1)([c]1ccccc1)[P](CCCC)CCCC. The van der Waals surface area contributed by atoms with Gasteiger partial charge in [-0.15, -0.1) is 0 Å². The van der Waals surface area contributed by atoms with Gasteiger partial charge in [0.05, 0.1) is 0 Å². The number of rotatable bonds is 18. The van der Waals surface area contributed by atoms with Crippen LogP contribution in [0.25, 0.3) is 0 Å². The minimum atomic E-state index is -5.13. The van der Waals surface area contributed by atoms with E-state index in [4.69, 9.17) is 0 Å². The van der Waals surface area contributed by atoms with Gasteiger partial charge in [-0.2, -0.15) is 0 Å². The van der Waals surface area contributed by atoms with Crippen molar-refractivity contribution in [2.75, 3.05) is 24.6 Å². The van der Waals surface area contributed by atoms with Gasteiger partial charge < -0.3 is 0 Å². The second-order valence-electron chi connectivity index (χ2n) is 12.6. The average molecular weight is 647 g/mol. The maximum absolute atomic E-state index is 5.13. The summed E-state index contributed by atoms with van der Waals surface area (Å²) in [7, 11) is 0. The molecule has 4 aromatic carbocycles. The predicted molar refractivity (Wildman–Crippen MR) is 197 cm³/mol. The van der Waals surface area contributed by atoms with Crippen LogP contribution in [0.4, 0.5) is 0 Å². The van der Waals surface area contributed by atoms with Crippen LogP contribution in [0.5, 0.6) is 0 Å². The van der Waals surface area contributed by atoms with E-state index in [0.29, 0.717) is 0 Å². The second-order valence-corrected chi connectivity index (χ2v) is 42.2. The Morgan fingerprint density at radius 3 is 0.744 bits per heavy atom.